The maximum atomic E-state index is 12.6. The number of hydrogen-bond donors (Lipinski definition) is 1. The first-order valence-electron chi connectivity index (χ1n) is 8.39. The number of thioether (sulfide) groups is 1. The van der Waals surface area contributed by atoms with Crippen molar-refractivity contribution < 1.29 is 4.79 Å². The van der Waals surface area contributed by atoms with Crippen molar-refractivity contribution in [1.82, 2.24) is 9.78 Å². The van der Waals surface area contributed by atoms with E-state index in [1.807, 2.05) is 54.7 Å². The van der Waals surface area contributed by atoms with Crippen LogP contribution in [0, 0.1) is 6.92 Å². The average Bonchev–Trinajstić information content (AvgIpc) is 3.18. The first-order chi connectivity index (χ1) is 12.5. The number of aryl methyl sites for hydroxylation is 2. The van der Waals surface area contributed by atoms with Gasteiger partial charge in [-0.25, -0.2) is 0 Å². The van der Waals surface area contributed by atoms with Gasteiger partial charge < -0.3 is 10.2 Å². The number of rotatable bonds is 3. The molecule has 1 fully saturated rings. The molecule has 0 bridgehead atoms. The summed E-state index contributed by atoms with van der Waals surface area (Å²) in [4.78, 5) is 16.6. The number of anilines is 2. The summed E-state index contributed by atoms with van der Waals surface area (Å²) in [5, 5.41) is 9.02. The number of nitrogens with zero attached hydrogens (tertiary/aromatic N) is 3. The first kappa shape index (κ1) is 17.7. The smallest absolute Gasteiger partial charge is 0.265 e. The first-order valence-corrected chi connectivity index (χ1v) is 10.7. The fraction of sp³-hybridized carbons (Fsp3) is 0.333. The summed E-state index contributed by atoms with van der Waals surface area (Å²) in [6, 6.07) is 7.64. The molecular formula is C18H19ClN4OS2. The molecule has 26 heavy (non-hydrogen) atoms. The Labute approximate surface area is 165 Å². The number of hydrogen-bond acceptors (Lipinski definition) is 5. The summed E-state index contributed by atoms with van der Waals surface area (Å²) in [7, 11) is 1.89. The number of thiophene rings is 1. The molecule has 1 N–H and O–H groups in total. The van der Waals surface area contributed by atoms with E-state index in [4.69, 9.17) is 11.6 Å². The van der Waals surface area contributed by atoms with Crippen LogP contribution in [-0.2, 0) is 7.05 Å². The van der Waals surface area contributed by atoms with E-state index in [2.05, 4.69) is 15.3 Å². The van der Waals surface area contributed by atoms with Crippen molar-refractivity contribution in [2.75, 3.05) is 34.8 Å². The van der Waals surface area contributed by atoms with E-state index < -0.39 is 0 Å². The predicted octanol–water partition coefficient (Wildman–Crippen LogP) is 4.40. The van der Waals surface area contributed by atoms with E-state index in [9.17, 15) is 4.79 Å². The number of carbonyl (C=O) groups excluding carboxylic acids is 1. The summed E-state index contributed by atoms with van der Waals surface area (Å²) < 4.78 is 1.81. The third-order valence-corrected chi connectivity index (χ3v) is 6.92. The summed E-state index contributed by atoms with van der Waals surface area (Å²) in [5.41, 5.74) is 2.68. The third-order valence-electron chi connectivity index (χ3n) is 4.48. The maximum Gasteiger partial charge on any atom is 0.265 e. The fourth-order valence-electron chi connectivity index (χ4n) is 3.16. The molecule has 0 unspecified atom stereocenters. The van der Waals surface area contributed by atoms with E-state index >= 15 is 0 Å². The second kappa shape index (κ2) is 7.13. The minimum absolute atomic E-state index is 0.121. The normalized spacial score (nSPS) is 14.8. The van der Waals surface area contributed by atoms with Gasteiger partial charge in [0.2, 0.25) is 0 Å². The molecule has 5 nitrogen and oxygen atoms in total. The number of fused-ring (bicyclic) bond motifs is 1. The van der Waals surface area contributed by atoms with Gasteiger partial charge in [-0.3, -0.25) is 9.48 Å². The minimum Gasteiger partial charge on any atom is -0.369 e. The maximum absolute atomic E-state index is 12.6. The quantitative estimate of drug-likeness (QED) is 0.700. The molecule has 2 aromatic heterocycles. The van der Waals surface area contributed by atoms with Gasteiger partial charge >= 0.3 is 0 Å². The lowest BCUT2D eigenvalue weighted by Crippen LogP contribution is -2.32. The van der Waals surface area contributed by atoms with Crippen LogP contribution in [0.3, 0.4) is 0 Å². The van der Waals surface area contributed by atoms with Crippen LogP contribution in [0.2, 0.25) is 5.02 Å². The highest BCUT2D eigenvalue weighted by molar-refractivity contribution is 7.99. The Balaban J connectivity index is 1.53. The number of nitrogens with one attached hydrogen (secondary N) is 1. The number of benzene rings is 1. The monoisotopic (exact) mass is 406 g/mol. The van der Waals surface area contributed by atoms with Crippen molar-refractivity contribution in [2.24, 2.45) is 7.05 Å². The van der Waals surface area contributed by atoms with Crippen LogP contribution in [-0.4, -0.2) is 40.3 Å². The largest absolute Gasteiger partial charge is 0.369 e. The van der Waals surface area contributed by atoms with Crippen molar-refractivity contribution >= 4 is 62.2 Å². The SMILES string of the molecule is Cc1nn(C)c2sc(C(=O)Nc3ccc(N4CCSCC4)c(Cl)c3)cc12. The third kappa shape index (κ3) is 3.31. The van der Waals surface area contributed by atoms with Crippen molar-refractivity contribution in [3.05, 3.63) is 39.9 Å². The van der Waals surface area contributed by atoms with Crippen LogP contribution in [0.5, 0.6) is 0 Å². The van der Waals surface area contributed by atoms with Crippen LogP contribution in [0.15, 0.2) is 24.3 Å². The van der Waals surface area contributed by atoms with Gasteiger partial charge in [0.05, 0.1) is 21.3 Å². The Bertz CT molecular complexity index is 941. The summed E-state index contributed by atoms with van der Waals surface area (Å²) >= 11 is 9.88. The van der Waals surface area contributed by atoms with Crippen LogP contribution in [0.4, 0.5) is 11.4 Å². The lowest BCUT2D eigenvalue weighted by molar-refractivity contribution is 0.103. The molecule has 0 atom stereocenters. The van der Waals surface area contributed by atoms with E-state index in [1.165, 1.54) is 11.3 Å². The molecule has 1 aliphatic heterocycles. The van der Waals surface area contributed by atoms with E-state index in [0.29, 0.717) is 15.6 Å². The molecular weight excluding hydrogens is 388 g/mol. The van der Waals surface area contributed by atoms with Gasteiger partial charge in [-0.1, -0.05) is 11.6 Å². The number of halogens is 1. The van der Waals surface area contributed by atoms with Crippen molar-refractivity contribution in [2.45, 2.75) is 6.92 Å². The molecule has 8 heteroatoms. The zero-order valence-electron chi connectivity index (χ0n) is 14.6. The predicted molar refractivity (Wildman–Crippen MR) is 112 cm³/mol. The molecule has 3 aromatic rings. The van der Waals surface area contributed by atoms with Crippen LogP contribution >= 0.6 is 34.7 Å². The lowest BCUT2D eigenvalue weighted by Gasteiger charge is -2.29. The van der Waals surface area contributed by atoms with Gasteiger partial charge in [0.15, 0.2) is 0 Å². The topological polar surface area (TPSA) is 50.2 Å². The second-order valence-electron chi connectivity index (χ2n) is 6.26. The molecule has 1 amide bonds. The summed E-state index contributed by atoms with van der Waals surface area (Å²) in [5.74, 6) is 2.12. The average molecular weight is 407 g/mol. The zero-order valence-corrected chi connectivity index (χ0v) is 17.0. The molecule has 4 rings (SSSR count). The molecule has 3 heterocycles. The Morgan fingerprint density at radius 2 is 2.04 bits per heavy atom. The Kier molecular flexibility index (Phi) is 4.86. The Hall–Kier alpha value is -1.70. The van der Waals surface area contributed by atoms with Gasteiger partial charge in [-0.05, 0) is 31.2 Å². The molecule has 0 aliphatic carbocycles. The van der Waals surface area contributed by atoms with E-state index in [0.717, 1.165) is 46.2 Å². The van der Waals surface area contributed by atoms with E-state index in [1.54, 1.807) is 0 Å². The minimum atomic E-state index is -0.121. The van der Waals surface area contributed by atoms with Gasteiger partial charge in [0.25, 0.3) is 5.91 Å². The number of carbonyl (C=O) groups is 1. The Morgan fingerprint density at radius 1 is 1.27 bits per heavy atom. The molecule has 1 saturated heterocycles. The second-order valence-corrected chi connectivity index (χ2v) is 8.92. The van der Waals surface area contributed by atoms with Crippen molar-refractivity contribution in [1.29, 1.82) is 0 Å². The van der Waals surface area contributed by atoms with Gasteiger partial charge in [-0.15, -0.1) is 11.3 Å². The highest BCUT2D eigenvalue weighted by atomic mass is 35.5. The van der Waals surface area contributed by atoms with Gasteiger partial charge in [-0.2, -0.15) is 16.9 Å². The Morgan fingerprint density at radius 3 is 2.73 bits per heavy atom. The molecule has 136 valence electrons. The number of aromatic nitrogens is 2. The highest BCUT2D eigenvalue weighted by Gasteiger charge is 2.17. The van der Waals surface area contributed by atoms with Crippen LogP contribution in [0.1, 0.15) is 15.4 Å². The lowest BCUT2D eigenvalue weighted by atomic mass is 10.2. The van der Waals surface area contributed by atoms with Crippen LogP contribution < -0.4 is 10.2 Å². The highest BCUT2D eigenvalue weighted by Crippen LogP contribution is 2.32. The molecule has 1 aliphatic rings. The van der Waals surface area contributed by atoms with Crippen molar-refractivity contribution in [3.8, 4) is 0 Å². The molecule has 0 spiro atoms. The molecule has 1 aromatic carbocycles. The van der Waals surface area contributed by atoms with Crippen LogP contribution in [0.25, 0.3) is 10.2 Å². The van der Waals surface area contributed by atoms with Gasteiger partial charge in [0, 0.05) is 42.7 Å². The zero-order chi connectivity index (χ0) is 18.3. The standard InChI is InChI=1S/C18H19ClN4OS2/c1-11-13-10-16(26-18(13)22(2)21-11)17(24)20-12-3-4-15(14(19)9-12)23-5-7-25-8-6-23/h3-4,9-10H,5-8H2,1-2H3,(H,20,24). The molecule has 0 radical (unpaired) electrons. The van der Waals surface area contributed by atoms with Crippen molar-refractivity contribution in [3.63, 3.8) is 0 Å². The fourth-order valence-corrected chi connectivity index (χ4v) is 5.38. The summed E-state index contributed by atoms with van der Waals surface area (Å²) in [6.07, 6.45) is 0. The summed E-state index contributed by atoms with van der Waals surface area (Å²) in [6.45, 7) is 3.96. The van der Waals surface area contributed by atoms with E-state index in [-0.39, 0.29) is 5.91 Å². The number of amides is 1. The molecule has 0 saturated carbocycles. The van der Waals surface area contributed by atoms with Gasteiger partial charge in [0.1, 0.15) is 4.83 Å².